The lowest BCUT2D eigenvalue weighted by atomic mass is 10.1. The molecule has 4 rings (SSSR count). The van der Waals surface area contributed by atoms with Crippen LogP contribution in [0.2, 0.25) is 10.0 Å². The first-order chi connectivity index (χ1) is 17.3. The van der Waals surface area contributed by atoms with Crippen molar-refractivity contribution < 1.29 is 9.72 Å². The molecule has 0 aliphatic heterocycles. The van der Waals surface area contributed by atoms with Crippen LogP contribution in [0.3, 0.4) is 0 Å². The van der Waals surface area contributed by atoms with E-state index in [-0.39, 0.29) is 16.5 Å². The molecule has 1 N–H and O–H groups in total. The van der Waals surface area contributed by atoms with E-state index >= 15 is 0 Å². The molecule has 0 spiro atoms. The molecule has 0 saturated heterocycles. The normalized spacial score (nSPS) is 11.1. The number of aryl methyl sites for hydroxylation is 1. The number of benzene rings is 3. The molecule has 0 unspecified atom stereocenters. The maximum atomic E-state index is 12.4. The fourth-order valence-electron chi connectivity index (χ4n) is 3.16. The second-order valence-corrected chi connectivity index (χ2v) is 9.31. The molecule has 0 fully saturated rings. The van der Waals surface area contributed by atoms with Crippen molar-refractivity contribution in [1.82, 2.24) is 20.2 Å². The van der Waals surface area contributed by atoms with E-state index in [1.807, 2.05) is 47.9 Å². The van der Waals surface area contributed by atoms with E-state index in [0.29, 0.717) is 21.6 Å². The van der Waals surface area contributed by atoms with Gasteiger partial charge in [-0.15, -0.1) is 10.2 Å². The van der Waals surface area contributed by atoms with Gasteiger partial charge >= 0.3 is 0 Å². The van der Waals surface area contributed by atoms with E-state index in [1.54, 1.807) is 12.1 Å². The van der Waals surface area contributed by atoms with Gasteiger partial charge in [-0.25, -0.2) is 5.43 Å². The van der Waals surface area contributed by atoms with Crippen LogP contribution in [-0.4, -0.2) is 37.6 Å². The Morgan fingerprint density at radius 1 is 1.11 bits per heavy atom. The lowest BCUT2D eigenvalue weighted by Crippen LogP contribution is -2.20. The molecule has 0 aliphatic carbocycles. The van der Waals surface area contributed by atoms with Crippen molar-refractivity contribution in [2.24, 2.45) is 5.10 Å². The number of halogens is 2. The molecule has 12 heteroatoms. The Morgan fingerprint density at radius 3 is 2.53 bits per heavy atom. The number of hydrazone groups is 1. The van der Waals surface area contributed by atoms with Gasteiger partial charge < -0.3 is 0 Å². The number of aromatic nitrogens is 3. The number of hydrogen-bond donors (Lipinski definition) is 1. The molecule has 0 saturated carbocycles. The summed E-state index contributed by atoms with van der Waals surface area (Å²) in [6.07, 6.45) is 1.25. The summed E-state index contributed by atoms with van der Waals surface area (Å²) in [6, 6.07) is 19.1. The highest BCUT2D eigenvalue weighted by atomic mass is 35.5. The van der Waals surface area contributed by atoms with Crippen LogP contribution in [0.15, 0.2) is 77.0 Å². The minimum Gasteiger partial charge on any atom is -0.272 e. The van der Waals surface area contributed by atoms with E-state index in [0.717, 1.165) is 16.8 Å². The van der Waals surface area contributed by atoms with E-state index in [9.17, 15) is 14.9 Å². The summed E-state index contributed by atoms with van der Waals surface area (Å²) in [5.74, 6) is 0.221. The number of rotatable bonds is 8. The van der Waals surface area contributed by atoms with Crippen LogP contribution in [0.1, 0.15) is 11.1 Å². The standard InChI is InChI=1S/C24H18Cl2N6O3S/c1-15-2-4-16(5-3-15)23-29-30-24(31(23)19-8-6-18(25)7-9-19)36-14-22(33)28-27-13-17-12-20(32(34)35)10-11-21(17)26/h2-13H,14H2,1H3,(H,28,33). The lowest BCUT2D eigenvalue weighted by Gasteiger charge is -2.10. The molecule has 3 aromatic carbocycles. The highest BCUT2D eigenvalue weighted by Crippen LogP contribution is 2.29. The number of hydrogen-bond acceptors (Lipinski definition) is 7. The quantitative estimate of drug-likeness (QED) is 0.132. The number of nitro benzene ring substituents is 1. The molecular weight excluding hydrogens is 523 g/mol. The number of non-ortho nitro benzene ring substituents is 1. The zero-order valence-corrected chi connectivity index (χ0v) is 21.1. The number of carbonyl (C=O) groups is 1. The second-order valence-electron chi connectivity index (χ2n) is 7.53. The number of nitrogens with one attached hydrogen (secondary N) is 1. The number of carbonyl (C=O) groups excluding carboxylic acids is 1. The van der Waals surface area contributed by atoms with Crippen LogP contribution in [0.25, 0.3) is 17.1 Å². The first kappa shape index (κ1) is 25.4. The van der Waals surface area contributed by atoms with Gasteiger partial charge in [-0.05, 0) is 37.3 Å². The third-order valence-corrected chi connectivity index (χ3v) is 6.47. The molecular formula is C24H18Cl2N6O3S. The number of nitro groups is 1. The third kappa shape index (κ3) is 6.09. The van der Waals surface area contributed by atoms with Crippen molar-refractivity contribution >= 4 is 52.8 Å². The number of amides is 1. The summed E-state index contributed by atoms with van der Waals surface area (Å²) in [5.41, 5.74) is 5.36. The fraction of sp³-hybridized carbons (Fsp3) is 0.0833. The molecule has 9 nitrogen and oxygen atoms in total. The third-order valence-electron chi connectivity index (χ3n) is 4.94. The second kappa shape index (κ2) is 11.3. The fourth-order valence-corrected chi connectivity index (χ4v) is 4.19. The van der Waals surface area contributed by atoms with Crippen LogP contribution in [-0.2, 0) is 4.79 Å². The molecule has 0 bridgehead atoms. The van der Waals surface area contributed by atoms with Gasteiger partial charge in [0.25, 0.3) is 11.6 Å². The van der Waals surface area contributed by atoms with E-state index in [4.69, 9.17) is 23.2 Å². The molecule has 0 radical (unpaired) electrons. The van der Waals surface area contributed by atoms with Gasteiger partial charge in [0.05, 0.1) is 16.9 Å². The molecule has 4 aromatic rings. The topological polar surface area (TPSA) is 115 Å². The monoisotopic (exact) mass is 540 g/mol. The van der Waals surface area contributed by atoms with Gasteiger partial charge in [-0.3, -0.25) is 19.5 Å². The van der Waals surface area contributed by atoms with Gasteiger partial charge in [0.15, 0.2) is 11.0 Å². The smallest absolute Gasteiger partial charge is 0.270 e. The number of thioether (sulfide) groups is 1. The maximum absolute atomic E-state index is 12.4. The molecule has 1 aromatic heterocycles. The number of nitrogens with zero attached hydrogens (tertiary/aromatic N) is 5. The minimum atomic E-state index is -0.537. The van der Waals surface area contributed by atoms with E-state index < -0.39 is 10.8 Å². The van der Waals surface area contributed by atoms with Crippen LogP contribution < -0.4 is 5.43 Å². The molecule has 182 valence electrons. The summed E-state index contributed by atoms with van der Waals surface area (Å²) >= 11 is 13.3. The Hall–Kier alpha value is -3.73. The predicted molar refractivity (Wildman–Crippen MR) is 141 cm³/mol. The van der Waals surface area contributed by atoms with Crippen molar-refractivity contribution in [3.05, 3.63) is 98.0 Å². The Bertz CT molecular complexity index is 1440. The highest BCUT2D eigenvalue weighted by molar-refractivity contribution is 7.99. The summed E-state index contributed by atoms with van der Waals surface area (Å²) in [7, 11) is 0. The van der Waals surface area contributed by atoms with Crippen molar-refractivity contribution in [2.75, 3.05) is 5.75 Å². The van der Waals surface area contributed by atoms with E-state index in [2.05, 4.69) is 20.7 Å². The Morgan fingerprint density at radius 2 is 1.83 bits per heavy atom. The first-order valence-electron chi connectivity index (χ1n) is 10.5. The average molecular weight is 541 g/mol. The molecule has 36 heavy (non-hydrogen) atoms. The maximum Gasteiger partial charge on any atom is 0.270 e. The summed E-state index contributed by atoms with van der Waals surface area (Å²) in [4.78, 5) is 22.8. The largest absolute Gasteiger partial charge is 0.272 e. The minimum absolute atomic E-state index is 0.000367. The van der Waals surface area contributed by atoms with Crippen LogP contribution in [0.4, 0.5) is 5.69 Å². The van der Waals surface area contributed by atoms with Crippen molar-refractivity contribution in [3.8, 4) is 17.1 Å². The Balaban J connectivity index is 1.50. The van der Waals surface area contributed by atoms with Gasteiger partial charge in [0.1, 0.15) is 0 Å². The van der Waals surface area contributed by atoms with Gasteiger partial charge in [0.2, 0.25) is 0 Å². The van der Waals surface area contributed by atoms with Crippen LogP contribution >= 0.6 is 35.0 Å². The van der Waals surface area contributed by atoms with Crippen molar-refractivity contribution in [2.45, 2.75) is 12.1 Å². The zero-order chi connectivity index (χ0) is 25.7. The molecule has 1 amide bonds. The zero-order valence-electron chi connectivity index (χ0n) is 18.8. The van der Waals surface area contributed by atoms with Gasteiger partial charge in [-0.2, -0.15) is 5.10 Å². The average Bonchev–Trinajstić information content (AvgIpc) is 3.28. The van der Waals surface area contributed by atoms with Crippen molar-refractivity contribution in [1.29, 1.82) is 0 Å². The Kier molecular flexibility index (Phi) is 7.99. The summed E-state index contributed by atoms with van der Waals surface area (Å²) in [6.45, 7) is 2.00. The lowest BCUT2D eigenvalue weighted by molar-refractivity contribution is -0.384. The van der Waals surface area contributed by atoms with Crippen LogP contribution in [0.5, 0.6) is 0 Å². The summed E-state index contributed by atoms with van der Waals surface area (Å²) in [5, 5.41) is 24.8. The van der Waals surface area contributed by atoms with E-state index in [1.165, 1.54) is 36.2 Å². The molecule has 0 atom stereocenters. The van der Waals surface area contributed by atoms with Gasteiger partial charge in [-0.1, -0.05) is 64.8 Å². The SMILES string of the molecule is Cc1ccc(-c2nnc(SCC(=O)NN=Cc3cc([N+](=O)[O-])ccc3Cl)n2-c2ccc(Cl)cc2)cc1. The molecule has 0 aliphatic rings. The predicted octanol–water partition coefficient (Wildman–Crippen LogP) is 5.70. The van der Waals surface area contributed by atoms with Gasteiger partial charge in [0, 0.05) is 39.0 Å². The highest BCUT2D eigenvalue weighted by Gasteiger charge is 2.17. The van der Waals surface area contributed by atoms with Crippen molar-refractivity contribution in [3.63, 3.8) is 0 Å². The first-order valence-corrected chi connectivity index (χ1v) is 12.2. The summed E-state index contributed by atoms with van der Waals surface area (Å²) < 4.78 is 1.85. The molecule has 1 heterocycles. The van der Waals surface area contributed by atoms with Crippen LogP contribution in [0, 0.1) is 17.0 Å². The Labute approximate surface area is 220 Å².